The van der Waals surface area contributed by atoms with Crippen LogP contribution in [0.3, 0.4) is 0 Å². The van der Waals surface area contributed by atoms with Gasteiger partial charge in [-0.05, 0) is 50.1 Å². The molecule has 0 radical (unpaired) electrons. The van der Waals surface area contributed by atoms with E-state index in [0.717, 1.165) is 3.57 Å². The topological polar surface area (TPSA) is 25.8 Å². The van der Waals surface area contributed by atoms with Crippen molar-refractivity contribution in [1.82, 2.24) is 9.97 Å². The fraction of sp³-hybridized carbons (Fsp3) is 0. The average molecular weight is 354 g/mol. The van der Waals surface area contributed by atoms with Crippen LogP contribution in [-0.2, 0) is 0 Å². The molecule has 0 aliphatic rings. The molecule has 0 saturated carbocycles. The molecule has 6 heteroatoms. The number of aromatic nitrogens is 2. The zero-order chi connectivity index (χ0) is 7.72. The molecule has 10 heavy (non-hydrogen) atoms. The van der Waals surface area contributed by atoms with Crippen molar-refractivity contribution in [1.29, 1.82) is 0 Å². The lowest BCUT2D eigenvalue weighted by atomic mass is 10.7. The third kappa shape index (κ3) is 1.93. The van der Waals surface area contributed by atoms with E-state index in [0.29, 0.717) is 9.76 Å². The first-order chi connectivity index (χ1) is 4.61. The second-order valence-corrected chi connectivity index (χ2v) is 3.91. The number of hydrogen-bond donors (Lipinski definition) is 0. The van der Waals surface area contributed by atoms with Crippen molar-refractivity contribution in [2.45, 2.75) is 0 Å². The van der Waals surface area contributed by atoms with E-state index in [1.165, 1.54) is 0 Å². The Morgan fingerprint density at radius 2 is 1.90 bits per heavy atom. The van der Waals surface area contributed by atoms with Gasteiger partial charge in [0.05, 0.1) is 3.57 Å². The summed E-state index contributed by atoms with van der Waals surface area (Å²) in [6.07, 6.45) is 0. The molecule has 0 aliphatic heterocycles. The summed E-state index contributed by atoms with van der Waals surface area (Å²) < 4.78 is 1.39. The molecule has 0 bridgehead atoms. The number of rotatable bonds is 0. The monoisotopic (exact) mass is 352 g/mol. The van der Waals surface area contributed by atoms with Crippen LogP contribution in [0.25, 0.3) is 0 Å². The number of hydrogen-bond acceptors (Lipinski definition) is 2. The van der Waals surface area contributed by atoms with Crippen LogP contribution in [0.4, 0.5) is 0 Å². The van der Waals surface area contributed by atoms with Crippen LogP contribution in [0.5, 0.6) is 0 Å². The third-order valence-corrected chi connectivity index (χ3v) is 3.84. The molecule has 0 saturated heterocycles. The van der Waals surface area contributed by atoms with Crippen molar-refractivity contribution in [3.05, 3.63) is 18.6 Å². The molecule has 0 aromatic carbocycles. The SMILES string of the molecule is Clc1nc(Cl)c(I)c(Br)n1. The molecule has 1 rings (SSSR count). The van der Waals surface area contributed by atoms with E-state index < -0.39 is 0 Å². The highest BCUT2D eigenvalue weighted by Crippen LogP contribution is 2.24. The van der Waals surface area contributed by atoms with Gasteiger partial charge < -0.3 is 0 Å². The van der Waals surface area contributed by atoms with E-state index in [4.69, 9.17) is 23.2 Å². The fourth-order valence-electron chi connectivity index (χ4n) is 0.370. The van der Waals surface area contributed by atoms with Crippen LogP contribution < -0.4 is 0 Å². The van der Waals surface area contributed by atoms with Crippen LogP contribution in [0, 0.1) is 3.57 Å². The first kappa shape index (κ1) is 8.96. The summed E-state index contributed by atoms with van der Waals surface area (Å²) in [4.78, 5) is 7.53. The lowest BCUT2D eigenvalue weighted by Crippen LogP contribution is -1.88. The Morgan fingerprint density at radius 1 is 1.30 bits per heavy atom. The van der Waals surface area contributed by atoms with Crippen molar-refractivity contribution in [3.8, 4) is 0 Å². The van der Waals surface area contributed by atoms with Crippen LogP contribution in [-0.4, -0.2) is 9.97 Å². The van der Waals surface area contributed by atoms with E-state index in [1.807, 2.05) is 22.6 Å². The smallest absolute Gasteiger partial charge is 0.210 e. The summed E-state index contributed by atoms with van der Waals surface area (Å²) in [6, 6.07) is 0. The molecular weight excluding hydrogens is 354 g/mol. The molecule has 1 aromatic rings. The minimum absolute atomic E-state index is 0.150. The van der Waals surface area contributed by atoms with Gasteiger partial charge in [-0.15, -0.1) is 0 Å². The van der Waals surface area contributed by atoms with E-state index in [-0.39, 0.29) is 5.28 Å². The first-order valence-electron chi connectivity index (χ1n) is 2.15. The molecule has 0 N–H and O–H groups in total. The molecule has 54 valence electrons. The summed E-state index contributed by atoms with van der Waals surface area (Å²) in [7, 11) is 0. The molecule has 2 nitrogen and oxygen atoms in total. The van der Waals surface area contributed by atoms with Gasteiger partial charge in [0.15, 0.2) is 0 Å². The normalized spacial score (nSPS) is 10.0. The number of nitrogens with zero attached hydrogens (tertiary/aromatic N) is 2. The maximum atomic E-state index is 5.65. The minimum atomic E-state index is 0.150. The highest BCUT2D eigenvalue weighted by atomic mass is 127. The molecule has 0 spiro atoms. The van der Waals surface area contributed by atoms with Gasteiger partial charge in [0, 0.05) is 0 Å². The fourth-order valence-corrected chi connectivity index (χ4v) is 1.57. The quantitative estimate of drug-likeness (QED) is 0.407. The second-order valence-electron chi connectivity index (χ2n) is 1.39. The Morgan fingerprint density at radius 3 is 2.40 bits per heavy atom. The summed E-state index contributed by atoms with van der Waals surface area (Å²) in [5.41, 5.74) is 0. The van der Waals surface area contributed by atoms with E-state index >= 15 is 0 Å². The van der Waals surface area contributed by atoms with Crippen molar-refractivity contribution in [3.63, 3.8) is 0 Å². The van der Waals surface area contributed by atoms with Crippen LogP contribution in [0.2, 0.25) is 10.4 Å². The zero-order valence-electron chi connectivity index (χ0n) is 4.41. The lowest BCUT2D eigenvalue weighted by molar-refractivity contribution is 1.12. The standard InChI is InChI=1S/C4BrCl2IN2/c5-2-1(8)3(6)10-4(7)9-2. The van der Waals surface area contributed by atoms with Gasteiger partial charge in [0.25, 0.3) is 0 Å². The largest absolute Gasteiger partial charge is 0.224 e. The summed E-state index contributed by atoms with van der Waals surface area (Å²) >= 11 is 16.3. The summed E-state index contributed by atoms with van der Waals surface area (Å²) in [6.45, 7) is 0. The Balaban J connectivity index is 3.31. The summed E-state index contributed by atoms with van der Waals surface area (Å²) in [5, 5.41) is 0.518. The maximum absolute atomic E-state index is 5.65. The van der Waals surface area contributed by atoms with Crippen LogP contribution in [0.15, 0.2) is 4.60 Å². The van der Waals surface area contributed by atoms with Gasteiger partial charge in [0.2, 0.25) is 5.28 Å². The second kappa shape index (κ2) is 3.51. The molecule has 0 atom stereocenters. The Hall–Kier alpha value is 0.870. The predicted molar refractivity (Wildman–Crippen MR) is 52.5 cm³/mol. The highest BCUT2D eigenvalue weighted by Gasteiger charge is 2.05. The molecule has 1 aromatic heterocycles. The molecule has 1 heterocycles. The predicted octanol–water partition coefficient (Wildman–Crippen LogP) is 3.15. The van der Waals surface area contributed by atoms with Gasteiger partial charge in [-0.2, -0.15) is 0 Å². The van der Waals surface area contributed by atoms with Gasteiger partial charge in [-0.1, -0.05) is 11.6 Å². The summed E-state index contributed by atoms with van der Waals surface area (Å²) in [5.74, 6) is 0. The lowest BCUT2D eigenvalue weighted by Gasteiger charge is -1.96. The van der Waals surface area contributed by atoms with E-state index in [9.17, 15) is 0 Å². The van der Waals surface area contributed by atoms with Crippen LogP contribution in [0.1, 0.15) is 0 Å². The maximum Gasteiger partial charge on any atom is 0.224 e. The Labute approximate surface area is 89.6 Å². The molecular formula is C4BrCl2IN2. The Bertz CT molecular complexity index is 244. The zero-order valence-corrected chi connectivity index (χ0v) is 9.66. The molecule has 0 fully saturated rings. The third-order valence-electron chi connectivity index (χ3n) is 0.743. The van der Waals surface area contributed by atoms with E-state index in [2.05, 4.69) is 25.9 Å². The van der Waals surface area contributed by atoms with Crippen molar-refractivity contribution >= 4 is 61.7 Å². The average Bonchev–Trinajstić information content (AvgIpc) is 1.82. The highest BCUT2D eigenvalue weighted by molar-refractivity contribution is 14.1. The number of halogens is 4. The van der Waals surface area contributed by atoms with Gasteiger partial charge in [-0.25, -0.2) is 9.97 Å². The van der Waals surface area contributed by atoms with Crippen molar-refractivity contribution < 1.29 is 0 Å². The minimum Gasteiger partial charge on any atom is -0.210 e. The molecule has 0 unspecified atom stereocenters. The van der Waals surface area contributed by atoms with Gasteiger partial charge in [0.1, 0.15) is 9.76 Å². The molecule has 0 aliphatic carbocycles. The molecule has 0 amide bonds. The first-order valence-corrected chi connectivity index (χ1v) is 4.78. The Kier molecular flexibility index (Phi) is 3.15. The van der Waals surface area contributed by atoms with E-state index in [1.54, 1.807) is 0 Å². The van der Waals surface area contributed by atoms with Gasteiger partial charge >= 0.3 is 0 Å². The van der Waals surface area contributed by atoms with Crippen LogP contribution >= 0.6 is 61.7 Å². The van der Waals surface area contributed by atoms with Gasteiger partial charge in [-0.3, -0.25) is 0 Å². The van der Waals surface area contributed by atoms with Crippen molar-refractivity contribution in [2.75, 3.05) is 0 Å². The van der Waals surface area contributed by atoms with Crippen molar-refractivity contribution in [2.24, 2.45) is 0 Å².